The largest absolute Gasteiger partial charge is 0.337 e. The maximum atomic E-state index is 13.5. The summed E-state index contributed by atoms with van der Waals surface area (Å²) in [6, 6.07) is 15.8. The predicted molar refractivity (Wildman–Crippen MR) is 143 cm³/mol. The third-order valence-electron chi connectivity index (χ3n) is 6.45. The van der Waals surface area contributed by atoms with Crippen LogP contribution in [0.1, 0.15) is 59.4 Å². The summed E-state index contributed by atoms with van der Waals surface area (Å²) in [4.78, 5) is 28.4. The number of nitrogens with zero attached hydrogens (tertiary/aromatic N) is 5. The maximum absolute atomic E-state index is 13.5. The van der Waals surface area contributed by atoms with E-state index in [0.29, 0.717) is 22.2 Å². The van der Waals surface area contributed by atoms with Crippen molar-refractivity contribution < 1.29 is 4.79 Å². The van der Waals surface area contributed by atoms with Gasteiger partial charge in [-0.2, -0.15) is 0 Å². The molecule has 0 aliphatic rings. The molecule has 0 radical (unpaired) electrons. The molecule has 0 N–H and O–H groups in total. The molecule has 0 unspecified atom stereocenters. The van der Waals surface area contributed by atoms with Gasteiger partial charge in [0.25, 0.3) is 5.56 Å². The van der Waals surface area contributed by atoms with E-state index in [9.17, 15) is 9.59 Å². The molecular weight excluding hydrogens is 458 g/mol. The summed E-state index contributed by atoms with van der Waals surface area (Å²) >= 11 is 1.34. The van der Waals surface area contributed by atoms with Crippen LogP contribution in [-0.4, -0.2) is 47.8 Å². The number of hydrogen-bond donors (Lipinski definition) is 0. The van der Waals surface area contributed by atoms with E-state index < -0.39 is 0 Å². The van der Waals surface area contributed by atoms with Crippen molar-refractivity contribution in [3.8, 4) is 5.69 Å². The third kappa shape index (κ3) is 4.72. The molecule has 1 atom stereocenters. The molecule has 2 aromatic heterocycles. The van der Waals surface area contributed by atoms with E-state index >= 15 is 0 Å². The van der Waals surface area contributed by atoms with Crippen molar-refractivity contribution >= 4 is 34.3 Å². The van der Waals surface area contributed by atoms with Gasteiger partial charge in [-0.25, -0.2) is 4.57 Å². The van der Waals surface area contributed by atoms with E-state index in [-0.39, 0.29) is 29.3 Å². The van der Waals surface area contributed by atoms with Gasteiger partial charge in [-0.1, -0.05) is 49.9 Å². The molecular formula is C27H33N5O2S. The molecule has 4 aromatic rings. The number of benzene rings is 2. The summed E-state index contributed by atoms with van der Waals surface area (Å²) in [7, 11) is 0. The Labute approximate surface area is 210 Å². The zero-order valence-corrected chi connectivity index (χ0v) is 22.0. The van der Waals surface area contributed by atoms with E-state index in [1.165, 1.54) is 17.3 Å². The standard InChI is InChI=1S/C27H33N5O2S/c1-7-19(6)20-12-14-21(15-13-20)31-25(34)22-10-8-9-11-23(22)32-26(31)28-29-27(32)35-16-24(33)30(17(2)3)18(4)5/h8-15,17-19H,7,16H2,1-6H3/t19-/m0/s1. The minimum atomic E-state index is -0.143. The molecule has 0 aliphatic heterocycles. The number of aromatic nitrogens is 4. The van der Waals surface area contributed by atoms with Gasteiger partial charge in [0.1, 0.15) is 0 Å². The average molecular weight is 492 g/mol. The Hall–Kier alpha value is -3.13. The maximum Gasteiger partial charge on any atom is 0.267 e. The van der Waals surface area contributed by atoms with Crippen LogP contribution in [0.15, 0.2) is 58.5 Å². The number of rotatable bonds is 8. The molecule has 0 saturated heterocycles. The molecule has 2 aromatic carbocycles. The van der Waals surface area contributed by atoms with Gasteiger partial charge in [-0.05, 0) is 69.9 Å². The normalized spacial score (nSPS) is 12.7. The van der Waals surface area contributed by atoms with Crippen LogP contribution in [0.2, 0.25) is 0 Å². The van der Waals surface area contributed by atoms with E-state index in [0.717, 1.165) is 17.6 Å². The van der Waals surface area contributed by atoms with E-state index in [2.05, 4.69) is 36.2 Å². The van der Waals surface area contributed by atoms with E-state index in [4.69, 9.17) is 0 Å². The van der Waals surface area contributed by atoms with Gasteiger partial charge >= 0.3 is 0 Å². The molecule has 184 valence electrons. The van der Waals surface area contributed by atoms with Gasteiger partial charge in [-0.3, -0.25) is 14.0 Å². The number of amides is 1. The van der Waals surface area contributed by atoms with Crippen molar-refractivity contribution in [3.63, 3.8) is 0 Å². The third-order valence-corrected chi connectivity index (χ3v) is 7.37. The second-order valence-corrected chi connectivity index (χ2v) is 10.4. The molecule has 0 fully saturated rings. The second-order valence-electron chi connectivity index (χ2n) is 9.45. The van der Waals surface area contributed by atoms with Crippen molar-refractivity contribution in [3.05, 3.63) is 64.4 Å². The first-order valence-corrected chi connectivity index (χ1v) is 13.2. The zero-order valence-electron chi connectivity index (χ0n) is 21.2. The van der Waals surface area contributed by atoms with Crippen LogP contribution in [0.3, 0.4) is 0 Å². The quantitative estimate of drug-likeness (QED) is 0.313. The van der Waals surface area contributed by atoms with Crippen LogP contribution in [0.4, 0.5) is 0 Å². The summed E-state index contributed by atoms with van der Waals surface area (Å²) in [6.07, 6.45) is 1.05. The Morgan fingerprint density at radius 1 is 0.971 bits per heavy atom. The molecule has 7 nitrogen and oxygen atoms in total. The van der Waals surface area contributed by atoms with Crippen LogP contribution in [-0.2, 0) is 4.79 Å². The van der Waals surface area contributed by atoms with Crippen LogP contribution in [0.5, 0.6) is 0 Å². The van der Waals surface area contributed by atoms with Crippen LogP contribution >= 0.6 is 11.8 Å². The molecule has 0 aliphatic carbocycles. The highest BCUT2D eigenvalue weighted by Gasteiger charge is 2.23. The second kappa shape index (κ2) is 10.2. The summed E-state index contributed by atoms with van der Waals surface area (Å²) in [5.41, 5.74) is 2.56. The minimum absolute atomic E-state index is 0.0509. The Bertz CT molecular complexity index is 1400. The number of fused-ring (bicyclic) bond motifs is 3. The van der Waals surface area contributed by atoms with Gasteiger partial charge in [0.15, 0.2) is 5.16 Å². The number of para-hydroxylation sites is 1. The van der Waals surface area contributed by atoms with Crippen molar-refractivity contribution in [2.45, 2.75) is 71.1 Å². The van der Waals surface area contributed by atoms with Crippen LogP contribution < -0.4 is 5.56 Å². The summed E-state index contributed by atoms with van der Waals surface area (Å²) in [6.45, 7) is 12.4. The first-order chi connectivity index (χ1) is 16.7. The Morgan fingerprint density at radius 3 is 2.26 bits per heavy atom. The lowest BCUT2D eigenvalue weighted by Gasteiger charge is -2.30. The number of hydrogen-bond acceptors (Lipinski definition) is 5. The number of thioether (sulfide) groups is 1. The monoisotopic (exact) mass is 491 g/mol. The highest BCUT2D eigenvalue weighted by Crippen LogP contribution is 2.25. The lowest BCUT2D eigenvalue weighted by Crippen LogP contribution is -2.43. The lowest BCUT2D eigenvalue weighted by atomic mass is 9.98. The highest BCUT2D eigenvalue weighted by atomic mass is 32.2. The summed E-state index contributed by atoms with van der Waals surface area (Å²) in [5.74, 6) is 1.18. The van der Waals surface area contributed by atoms with Crippen molar-refractivity contribution in [1.82, 2.24) is 24.1 Å². The Balaban J connectivity index is 1.81. The predicted octanol–water partition coefficient (Wildman–Crippen LogP) is 5.28. The summed E-state index contributed by atoms with van der Waals surface area (Å²) < 4.78 is 3.49. The SMILES string of the molecule is CC[C@H](C)c1ccc(-n2c(=O)c3ccccc3n3c(SCC(=O)N(C(C)C)C(C)C)nnc23)cc1. The molecule has 35 heavy (non-hydrogen) atoms. The Morgan fingerprint density at radius 2 is 1.63 bits per heavy atom. The van der Waals surface area contributed by atoms with Gasteiger partial charge in [0.05, 0.1) is 22.3 Å². The first kappa shape index (κ1) is 25.0. The van der Waals surface area contributed by atoms with E-state index in [1.807, 2.05) is 73.4 Å². The molecule has 4 rings (SSSR count). The topological polar surface area (TPSA) is 72.5 Å². The van der Waals surface area contributed by atoms with Crippen LogP contribution in [0.25, 0.3) is 22.4 Å². The highest BCUT2D eigenvalue weighted by molar-refractivity contribution is 7.99. The van der Waals surface area contributed by atoms with Gasteiger partial charge in [0.2, 0.25) is 11.7 Å². The molecule has 0 spiro atoms. The van der Waals surface area contributed by atoms with Gasteiger partial charge in [0, 0.05) is 12.1 Å². The van der Waals surface area contributed by atoms with Gasteiger partial charge in [-0.15, -0.1) is 10.2 Å². The molecule has 8 heteroatoms. The average Bonchev–Trinajstić information content (AvgIpc) is 3.26. The molecule has 1 amide bonds. The zero-order chi connectivity index (χ0) is 25.3. The first-order valence-electron chi connectivity index (χ1n) is 12.2. The Kier molecular flexibility index (Phi) is 7.31. The minimum Gasteiger partial charge on any atom is -0.337 e. The van der Waals surface area contributed by atoms with Crippen molar-refractivity contribution in [2.75, 3.05) is 5.75 Å². The fraction of sp³-hybridized carbons (Fsp3) is 0.407. The molecule has 2 heterocycles. The lowest BCUT2D eigenvalue weighted by molar-refractivity contribution is -0.131. The van der Waals surface area contributed by atoms with Crippen LogP contribution in [0, 0.1) is 0 Å². The van der Waals surface area contributed by atoms with Crippen molar-refractivity contribution in [2.24, 2.45) is 0 Å². The fourth-order valence-corrected chi connectivity index (χ4v) is 5.37. The van der Waals surface area contributed by atoms with Gasteiger partial charge < -0.3 is 4.90 Å². The van der Waals surface area contributed by atoms with E-state index in [1.54, 1.807) is 4.57 Å². The van der Waals surface area contributed by atoms with Crippen molar-refractivity contribution in [1.29, 1.82) is 0 Å². The smallest absolute Gasteiger partial charge is 0.267 e. The fourth-order valence-electron chi connectivity index (χ4n) is 4.57. The molecule has 0 saturated carbocycles. The number of carbonyl (C=O) groups excluding carboxylic acids is 1. The number of carbonyl (C=O) groups is 1. The summed E-state index contributed by atoms with van der Waals surface area (Å²) in [5, 5.41) is 9.96. The molecule has 0 bridgehead atoms.